The third-order valence-corrected chi connectivity index (χ3v) is 5.67. The number of aryl methyl sites for hydroxylation is 1. The molecule has 1 amide bonds. The second kappa shape index (κ2) is 8.05. The minimum Gasteiger partial charge on any atom is -0.344 e. The number of hydrogen-bond donors (Lipinski definition) is 2. The molecule has 2 aromatic heterocycles. The molecule has 0 saturated heterocycles. The Kier molecular flexibility index (Phi) is 6.36. The van der Waals surface area contributed by atoms with Crippen LogP contribution in [0.15, 0.2) is 29.4 Å². The molecular formula is C15H15ClF4N4O3S. The van der Waals surface area contributed by atoms with Gasteiger partial charge < -0.3 is 9.88 Å². The number of aromatic nitrogens is 2. The summed E-state index contributed by atoms with van der Waals surface area (Å²) in [6.45, 7) is -0.228. The molecule has 0 aliphatic carbocycles. The minimum absolute atomic E-state index is 0.0596. The molecule has 0 fully saturated rings. The third kappa shape index (κ3) is 4.80. The van der Waals surface area contributed by atoms with E-state index in [0.717, 1.165) is 10.8 Å². The van der Waals surface area contributed by atoms with Crippen LogP contribution < -0.4 is 10.0 Å². The van der Waals surface area contributed by atoms with Gasteiger partial charge in [-0.25, -0.2) is 12.8 Å². The van der Waals surface area contributed by atoms with Crippen LogP contribution >= 0.6 is 11.6 Å². The molecule has 0 aromatic carbocycles. The Hall–Kier alpha value is -2.18. The summed E-state index contributed by atoms with van der Waals surface area (Å²) < 4.78 is 77.6. The highest BCUT2D eigenvalue weighted by Gasteiger charge is 2.40. The number of halogens is 5. The van der Waals surface area contributed by atoms with Gasteiger partial charge in [-0.05, 0) is 19.1 Å². The molecule has 2 aromatic rings. The molecule has 28 heavy (non-hydrogen) atoms. The van der Waals surface area contributed by atoms with Gasteiger partial charge >= 0.3 is 6.18 Å². The molecule has 0 radical (unpaired) electrons. The number of sulfonamides is 1. The number of nitrogens with zero attached hydrogens (tertiary/aromatic N) is 2. The van der Waals surface area contributed by atoms with Gasteiger partial charge in [-0.3, -0.25) is 9.78 Å². The Morgan fingerprint density at radius 2 is 2.04 bits per heavy atom. The van der Waals surface area contributed by atoms with Gasteiger partial charge in [0.1, 0.15) is 23.3 Å². The first-order chi connectivity index (χ1) is 12.9. The van der Waals surface area contributed by atoms with E-state index in [1.54, 1.807) is 0 Å². The maximum atomic E-state index is 12.7. The van der Waals surface area contributed by atoms with Gasteiger partial charge in [-0.1, -0.05) is 11.6 Å². The average molecular weight is 443 g/mol. The van der Waals surface area contributed by atoms with Crippen molar-refractivity contribution >= 4 is 33.2 Å². The maximum absolute atomic E-state index is 12.7. The summed E-state index contributed by atoms with van der Waals surface area (Å²) in [4.78, 5) is 15.5. The van der Waals surface area contributed by atoms with Crippen LogP contribution in [0.4, 0.5) is 23.2 Å². The van der Waals surface area contributed by atoms with Crippen molar-refractivity contribution in [1.82, 2.24) is 14.3 Å². The molecule has 2 heterocycles. The fraction of sp³-hybridized carbons (Fsp3) is 0.333. The second-order valence-electron chi connectivity index (χ2n) is 5.78. The van der Waals surface area contributed by atoms with Gasteiger partial charge in [0.25, 0.3) is 5.91 Å². The Bertz CT molecular complexity index is 992. The summed E-state index contributed by atoms with van der Waals surface area (Å²) in [5.41, 5.74) is -0.0668. The van der Waals surface area contributed by atoms with Gasteiger partial charge in [0.05, 0.1) is 10.7 Å². The van der Waals surface area contributed by atoms with Crippen LogP contribution in [0, 0.1) is 0 Å². The number of carbonyl (C=O) groups excluding carboxylic acids is 1. The predicted octanol–water partition coefficient (Wildman–Crippen LogP) is 3.02. The van der Waals surface area contributed by atoms with Crippen molar-refractivity contribution in [2.45, 2.75) is 30.7 Å². The lowest BCUT2D eigenvalue weighted by Gasteiger charge is -2.16. The highest BCUT2D eigenvalue weighted by molar-refractivity contribution is 7.89. The second-order valence-corrected chi connectivity index (χ2v) is 7.84. The Morgan fingerprint density at radius 1 is 1.39 bits per heavy atom. The molecule has 0 aliphatic rings. The lowest BCUT2D eigenvalue weighted by Crippen LogP contribution is -2.42. The van der Waals surface area contributed by atoms with Crippen molar-refractivity contribution in [3.63, 3.8) is 0 Å². The SMILES string of the molecule is CC(NS(=O)(=O)c1cn(C)c(C(=O)Nc2ccnc(CF)c2)c1Cl)C(F)(F)F. The fourth-order valence-electron chi connectivity index (χ4n) is 2.20. The Balaban J connectivity index is 2.33. The molecule has 7 nitrogen and oxygen atoms in total. The number of carbonyl (C=O) groups is 1. The topological polar surface area (TPSA) is 93.1 Å². The van der Waals surface area contributed by atoms with Gasteiger partial charge in [0, 0.05) is 25.1 Å². The van der Waals surface area contributed by atoms with Crippen LogP contribution in [0.5, 0.6) is 0 Å². The van der Waals surface area contributed by atoms with Crippen molar-refractivity contribution in [2.75, 3.05) is 5.32 Å². The summed E-state index contributed by atoms with van der Waals surface area (Å²) in [6, 6.07) is 0.277. The molecule has 1 atom stereocenters. The van der Waals surface area contributed by atoms with E-state index in [9.17, 15) is 30.8 Å². The summed E-state index contributed by atoms with van der Waals surface area (Å²) in [7, 11) is -3.36. The van der Waals surface area contributed by atoms with Crippen LogP contribution in [-0.2, 0) is 23.7 Å². The zero-order chi connectivity index (χ0) is 21.3. The first-order valence-corrected chi connectivity index (χ1v) is 9.49. The molecule has 0 spiro atoms. The van der Waals surface area contributed by atoms with Crippen LogP contribution in [-0.4, -0.2) is 36.1 Å². The Morgan fingerprint density at radius 3 is 2.61 bits per heavy atom. The lowest BCUT2D eigenvalue weighted by molar-refractivity contribution is -0.147. The van der Waals surface area contributed by atoms with Crippen LogP contribution in [0.25, 0.3) is 0 Å². The summed E-state index contributed by atoms with van der Waals surface area (Å²) in [5.74, 6) is -0.839. The summed E-state index contributed by atoms with van der Waals surface area (Å²) in [6.07, 6.45) is -2.62. The predicted molar refractivity (Wildman–Crippen MR) is 93.3 cm³/mol. The van der Waals surface area contributed by atoms with E-state index < -0.39 is 44.7 Å². The van der Waals surface area contributed by atoms with E-state index in [1.807, 2.05) is 0 Å². The van der Waals surface area contributed by atoms with Crippen LogP contribution in [0.2, 0.25) is 5.02 Å². The number of alkyl halides is 4. The van der Waals surface area contributed by atoms with E-state index in [1.165, 1.54) is 30.1 Å². The van der Waals surface area contributed by atoms with Crippen LogP contribution in [0.3, 0.4) is 0 Å². The van der Waals surface area contributed by atoms with Crippen molar-refractivity contribution in [3.8, 4) is 0 Å². The zero-order valence-electron chi connectivity index (χ0n) is 14.5. The summed E-state index contributed by atoms with van der Waals surface area (Å²) >= 11 is 5.98. The highest BCUT2D eigenvalue weighted by atomic mass is 35.5. The monoisotopic (exact) mass is 442 g/mol. The molecule has 2 rings (SSSR count). The first kappa shape index (κ1) is 22.1. The van der Waals surface area contributed by atoms with Gasteiger partial charge in [-0.2, -0.15) is 17.9 Å². The normalized spacial score (nSPS) is 13.4. The van der Waals surface area contributed by atoms with Gasteiger partial charge in [0.15, 0.2) is 0 Å². The number of anilines is 1. The molecule has 0 bridgehead atoms. The number of rotatable bonds is 6. The fourth-order valence-corrected chi connectivity index (χ4v) is 4.13. The molecule has 1 unspecified atom stereocenters. The third-order valence-electron chi connectivity index (χ3n) is 3.63. The quantitative estimate of drug-likeness (QED) is 0.672. The molecule has 0 aliphatic heterocycles. The maximum Gasteiger partial charge on any atom is 0.404 e. The zero-order valence-corrected chi connectivity index (χ0v) is 16.1. The van der Waals surface area contributed by atoms with Gasteiger partial charge in [0.2, 0.25) is 10.0 Å². The number of hydrogen-bond acceptors (Lipinski definition) is 4. The van der Waals surface area contributed by atoms with Crippen molar-refractivity contribution in [3.05, 3.63) is 40.9 Å². The number of pyridine rings is 1. The van der Waals surface area contributed by atoms with Crippen LogP contribution in [0.1, 0.15) is 23.1 Å². The molecule has 13 heteroatoms. The minimum atomic E-state index is -4.80. The molecular weight excluding hydrogens is 428 g/mol. The molecule has 154 valence electrons. The number of amides is 1. The molecule has 2 N–H and O–H groups in total. The lowest BCUT2D eigenvalue weighted by atomic mass is 10.3. The largest absolute Gasteiger partial charge is 0.404 e. The van der Waals surface area contributed by atoms with Crippen molar-refractivity contribution < 1.29 is 30.8 Å². The average Bonchev–Trinajstić information content (AvgIpc) is 2.89. The van der Waals surface area contributed by atoms with E-state index in [0.29, 0.717) is 6.92 Å². The first-order valence-electron chi connectivity index (χ1n) is 7.63. The van der Waals surface area contributed by atoms with E-state index in [4.69, 9.17) is 11.6 Å². The van der Waals surface area contributed by atoms with Gasteiger partial charge in [-0.15, -0.1) is 0 Å². The number of nitrogens with one attached hydrogen (secondary N) is 2. The van der Waals surface area contributed by atoms with E-state index in [2.05, 4.69) is 10.3 Å². The van der Waals surface area contributed by atoms with Crippen molar-refractivity contribution in [2.24, 2.45) is 7.05 Å². The highest BCUT2D eigenvalue weighted by Crippen LogP contribution is 2.29. The van der Waals surface area contributed by atoms with E-state index in [-0.39, 0.29) is 17.1 Å². The summed E-state index contributed by atoms with van der Waals surface area (Å²) in [5, 5.41) is 1.84. The molecule has 0 saturated carbocycles. The Labute approximate surface area is 162 Å². The van der Waals surface area contributed by atoms with E-state index >= 15 is 0 Å². The standard InChI is InChI=1S/C15H15ClF4N4O3S/c1-8(15(18,19)20)23-28(26,27)11-7-24(2)13(12(11)16)14(25)22-9-3-4-21-10(5-9)6-17/h3-5,7-8,23H,6H2,1-2H3,(H,21,22,25). The van der Waals surface area contributed by atoms with Crippen molar-refractivity contribution in [1.29, 1.82) is 0 Å². The smallest absolute Gasteiger partial charge is 0.344 e.